The van der Waals surface area contributed by atoms with E-state index in [2.05, 4.69) is 43.7 Å². The summed E-state index contributed by atoms with van der Waals surface area (Å²) < 4.78 is 83.9. The number of nitrogens with one attached hydrogen (secondary N) is 2. The highest BCUT2D eigenvalue weighted by Crippen LogP contribution is 2.39. The molecule has 298 valence electrons. The fraction of sp³-hybridized carbons (Fsp3) is 0.366. The number of hydrogen-bond donors (Lipinski definition) is 2. The van der Waals surface area contributed by atoms with Gasteiger partial charge in [-0.05, 0) is 108 Å². The van der Waals surface area contributed by atoms with Crippen molar-refractivity contribution >= 4 is 49.2 Å². The van der Waals surface area contributed by atoms with E-state index in [0.29, 0.717) is 67.2 Å². The second-order valence-corrected chi connectivity index (χ2v) is 17.8. The van der Waals surface area contributed by atoms with Gasteiger partial charge in [0, 0.05) is 54.8 Å². The van der Waals surface area contributed by atoms with Gasteiger partial charge >= 0.3 is 6.18 Å². The number of carbonyl (C=O) groups is 2. The topological polar surface area (TPSA) is 125 Å². The minimum atomic E-state index is -4.54. The Labute approximate surface area is 331 Å². The van der Waals surface area contributed by atoms with Gasteiger partial charge in [0.25, 0.3) is 0 Å². The second-order valence-electron chi connectivity index (χ2n) is 15.0. The van der Waals surface area contributed by atoms with Crippen molar-refractivity contribution < 1.29 is 35.6 Å². The van der Waals surface area contributed by atoms with Gasteiger partial charge in [-0.15, -0.1) is 11.3 Å². The Bertz CT molecular complexity index is 2410. The van der Waals surface area contributed by atoms with E-state index < -0.39 is 21.8 Å². The molecule has 1 atom stereocenters. The zero-order valence-corrected chi connectivity index (χ0v) is 32.4. The maximum absolute atomic E-state index is 15.6. The fourth-order valence-electron chi connectivity index (χ4n) is 8.06. The lowest BCUT2D eigenvalue weighted by molar-refractivity contribution is -0.138. The number of thiophene rings is 1. The Morgan fingerprint density at radius 3 is 2.32 bits per heavy atom. The third-order valence-corrected chi connectivity index (χ3v) is 14.2. The summed E-state index contributed by atoms with van der Waals surface area (Å²) in [5.41, 5.74) is 3.00. The van der Waals surface area contributed by atoms with E-state index in [1.54, 1.807) is 35.6 Å². The monoisotopic (exact) mass is 820 g/mol. The number of imide groups is 1. The number of benzene rings is 3. The van der Waals surface area contributed by atoms with Gasteiger partial charge in [0.15, 0.2) is 0 Å². The molecule has 2 amide bonds. The largest absolute Gasteiger partial charge is 0.419 e. The van der Waals surface area contributed by atoms with Gasteiger partial charge in [0.1, 0.15) is 5.82 Å². The minimum absolute atomic E-state index is 0.0495. The first-order valence-corrected chi connectivity index (χ1v) is 21.3. The van der Waals surface area contributed by atoms with Crippen molar-refractivity contribution in [1.29, 1.82) is 0 Å². The number of aromatic nitrogens is 2. The summed E-state index contributed by atoms with van der Waals surface area (Å²) in [4.78, 5) is 34.0. The van der Waals surface area contributed by atoms with Gasteiger partial charge < -0.3 is 5.32 Å². The minimum Gasteiger partial charge on any atom is -0.351 e. The number of amides is 2. The molecule has 10 nitrogen and oxygen atoms in total. The van der Waals surface area contributed by atoms with Crippen LogP contribution in [-0.2, 0) is 32.3 Å². The van der Waals surface area contributed by atoms with Crippen LogP contribution in [0, 0.1) is 5.82 Å². The Morgan fingerprint density at radius 2 is 1.61 bits per heavy atom. The van der Waals surface area contributed by atoms with Crippen molar-refractivity contribution in [3.05, 3.63) is 107 Å². The van der Waals surface area contributed by atoms with E-state index in [1.807, 2.05) is 11.4 Å². The lowest BCUT2D eigenvalue weighted by Crippen LogP contribution is -2.42. The van der Waals surface area contributed by atoms with Crippen LogP contribution in [0.15, 0.2) is 83.3 Å². The summed E-state index contributed by atoms with van der Waals surface area (Å²) in [7, 11) is -3.87. The Kier molecular flexibility index (Phi) is 10.9. The lowest BCUT2D eigenvalue weighted by Gasteiger charge is -2.32. The van der Waals surface area contributed by atoms with E-state index in [9.17, 15) is 31.2 Å². The van der Waals surface area contributed by atoms with Gasteiger partial charge in [-0.1, -0.05) is 36.4 Å². The quantitative estimate of drug-likeness (QED) is 0.115. The highest BCUT2D eigenvalue weighted by Gasteiger charge is 2.33. The number of carbonyl (C=O) groups excluding carboxylic acids is 2. The van der Waals surface area contributed by atoms with Gasteiger partial charge in [0.05, 0.1) is 16.4 Å². The molecule has 57 heavy (non-hydrogen) atoms. The number of sulfonamides is 1. The molecule has 0 aliphatic carbocycles. The molecule has 3 aromatic carbocycles. The number of halogens is 4. The van der Waals surface area contributed by atoms with E-state index in [1.165, 1.54) is 22.0 Å². The van der Waals surface area contributed by atoms with E-state index in [4.69, 9.17) is 0 Å². The first-order valence-electron chi connectivity index (χ1n) is 18.9. The SMILES string of the molecule is O=C1CCC(c2csc3cc(C4CCN(Cc5ccc(-c6cccc(S(=O)(=O)N7CCC(Nc8ncc(C(F)(F)F)cn8)CC7)c6)cc5F)CC4)ccc23)C(=O)N1. The lowest BCUT2D eigenvalue weighted by atomic mass is 9.87. The maximum atomic E-state index is 15.6. The number of hydrogen-bond acceptors (Lipinski definition) is 9. The number of anilines is 1. The number of piperidine rings is 3. The molecule has 3 aliphatic heterocycles. The predicted octanol–water partition coefficient (Wildman–Crippen LogP) is 7.68. The third kappa shape index (κ3) is 8.45. The molecule has 3 fully saturated rings. The Morgan fingerprint density at radius 1 is 0.877 bits per heavy atom. The van der Waals surface area contributed by atoms with Crippen LogP contribution in [-0.4, -0.2) is 71.6 Å². The predicted molar refractivity (Wildman–Crippen MR) is 208 cm³/mol. The molecule has 5 aromatic rings. The normalized spacial score (nSPS) is 19.5. The maximum Gasteiger partial charge on any atom is 0.419 e. The number of nitrogens with zero attached hydrogens (tertiary/aromatic N) is 4. The van der Waals surface area contributed by atoms with Gasteiger partial charge in [-0.25, -0.2) is 22.8 Å². The first kappa shape index (κ1) is 39.1. The van der Waals surface area contributed by atoms with Crippen molar-refractivity contribution in [2.75, 3.05) is 31.5 Å². The number of fused-ring (bicyclic) bond motifs is 1. The van der Waals surface area contributed by atoms with Crippen LogP contribution in [0.4, 0.5) is 23.5 Å². The van der Waals surface area contributed by atoms with Crippen molar-refractivity contribution in [2.45, 2.75) is 74.0 Å². The zero-order chi connectivity index (χ0) is 39.9. The van der Waals surface area contributed by atoms with Crippen LogP contribution in [0.1, 0.15) is 72.6 Å². The van der Waals surface area contributed by atoms with Crippen LogP contribution in [0.2, 0.25) is 0 Å². The molecule has 0 radical (unpaired) electrons. The number of rotatable bonds is 9. The first-order chi connectivity index (χ1) is 27.3. The molecule has 3 saturated heterocycles. The average Bonchev–Trinajstić information content (AvgIpc) is 3.62. The molecule has 16 heteroatoms. The zero-order valence-electron chi connectivity index (χ0n) is 30.8. The molecule has 8 rings (SSSR count). The van der Waals surface area contributed by atoms with E-state index >= 15 is 4.39 Å². The molecule has 0 bridgehead atoms. The molecule has 0 saturated carbocycles. The fourth-order valence-corrected chi connectivity index (χ4v) is 10.6. The van der Waals surface area contributed by atoms with Crippen LogP contribution in [0.3, 0.4) is 0 Å². The standard InChI is InChI=1S/C41H40F4N6O4S2/c42-36-19-27(26-2-1-3-32(18-26)57(54,55)51-16-12-31(13-17-51)48-40-46-21-30(22-47-40)41(43,44)45)4-5-29(36)23-50-14-10-25(11-15-50)28-6-7-33-35(24-56-37(33)20-28)34-8-9-38(52)49-39(34)53/h1-7,18-22,24-25,31,34H,8-17,23H2,(H,46,47,48)(H,49,52,53). The summed E-state index contributed by atoms with van der Waals surface area (Å²) >= 11 is 1.62. The molecular weight excluding hydrogens is 781 g/mol. The van der Waals surface area contributed by atoms with Crippen molar-refractivity contribution in [2.24, 2.45) is 0 Å². The Hall–Kier alpha value is -4.77. The molecule has 2 aromatic heterocycles. The van der Waals surface area contributed by atoms with Gasteiger partial charge in [-0.3, -0.25) is 19.8 Å². The average molecular weight is 821 g/mol. The summed E-state index contributed by atoms with van der Waals surface area (Å²) in [6.45, 7) is 2.48. The third-order valence-electron chi connectivity index (χ3n) is 11.3. The number of likely N-dealkylation sites (tertiary alicyclic amines) is 1. The molecule has 3 aliphatic rings. The second kappa shape index (κ2) is 15.9. The summed E-state index contributed by atoms with van der Waals surface area (Å²) in [6, 6.07) is 17.8. The van der Waals surface area contributed by atoms with E-state index in [-0.39, 0.29) is 53.5 Å². The summed E-state index contributed by atoms with van der Waals surface area (Å²) in [6.07, 6.45) is 0.442. The summed E-state index contributed by atoms with van der Waals surface area (Å²) in [5, 5.41) is 8.56. The van der Waals surface area contributed by atoms with Crippen molar-refractivity contribution in [3.8, 4) is 11.1 Å². The van der Waals surface area contributed by atoms with Gasteiger partial charge in [0.2, 0.25) is 27.8 Å². The highest BCUT2D eigenvalue weighted by molar-refractivity contribution is 7.89. The molecule has 5 heterocycles. The van der Waals surface area contributed by atoms with Crippen LogP contribution in [0.5, 0.6) is 0 Å². The van der Waals surface area contributed by atoms with Crippen LogP contribution in [0.25, 0.3) is 21.2 Å². The smallest absolute Gasteiger partial charge is 0.351 e. The van der Waals surface area contributed by atoms with Crippen LogP contribution < -0.4 is 10.6 Å². The molecular formula is C41H40F4N6O4S2. The molecule has 1 unspecified atom stereocenters. The van der Waals surface area contributed by atoms with Crippen molar-refractivity contribution in [3.63, 3.8) is 0 Å². The van der Waals surface area contributed by atoms with E-state index in [0.717, 1.165) is 41.6 Å². The van der Waals surface area contributed by atoms with Crippen LogP contribution >= 0.6 is 11.3 Å². The highest BCUT2D eigenvalue weighted by atomic mass is 32.2. The molecule has 2 N–H and O–H groups in total. The summed E-state index contributed by atoms with van der Waals surface area (Å²) in [5.74, 6) is -0.693. The number of alkyl halides is 3. The van der Waals surface area contributed by atoms with Crippen molar-refractivity contribution in [1.82, 2.24) is 24.5 Å². The molecule has 0 spiro atoms. The Balaban J connectivity index is 0.853. The van der Waals surface area contributed by atoms with Gasteiger partial charge in [-0.2, -0.15) is 17.5 Å².